The summed E-state index contributed by atoms with van der Waals surface area (Å²) >= 11 is 0. The smallest absolute Gasteiger partial charge is 0 e. The Morgan fingerprint density at radius 1 is 0.750 bits per heavy atom. The molecule has 0 unspecified atom stereocenters. The quantitative estimate of drug-likeness (QED) is 0.425. The average Bonchev–Trinajstić information content (AvgIpc) is 1.00. The van der Waals surface area contributed by atoms with Gasteiger partial charge in [0.15, 0.2) is 0 Å². The van der Waals surface area contributed by atoms with E-state index in [1.165, 1.54) is 0 Å². The molecule has 4 heteroatoms. The average molecular weight is 424 g/mol. The molecule has 0 radical (unpaired) electrons. The fraction of sp³-hybridized carbons (Fsp3) is 0. The zero-order chi connectivity index (χ0) is 2.00. The summed E-state index contributed by atoms with van der Waals surface area (Å²) in [5.74, 6) is 0. The van der Waals surface area contributed by atoms with Crippen LogP contribution in [0.25, 0.3) is 0 Å². The van der Waals surface area contributed by atoms with Crippen LogP contribution >= 0.6 is 0 Å². The van der Waals surface area contributed by atoms with E-state index in [1.807, 2.05) is 0 Å². The molecule has 0 aliphatic rings. The molecule has 0 amide bonds. The fourth-order valence-electron chi connectivity index (χ4n) is 0. The van der Waals surface area contributed by atoms with Gasteiger partial charge in [-0.15, -0.1) is 0 Å². The van der Waals surface area contributed by atoms with E-state index in [4.69, 9.17) is 10.5 Å². The van der Waals surface area contributed by atoms with E-state index >= 15 is 0 Å². The van der Waals surface area contributed by atoms with Gasteiger partial charge in [-0.2, -0.15) is 0 Å². The van der Waals surface area contributed by atoms with Gasteiger partial charge in [-0.3, -0.25) is 10.5 Å². The SMILES string of the molecule is OO.[Pt].[Pt]. The third kappa shape index (κ3) is 10.3. The van der Waals surface area contributed by atoms with Crippen molar-refractivity contribution in [2.45, 2.75) is 0 Å². The molecule has 0 bridgehead atoms. The Hall–Kier alpha value is 1.30. The van der Waals surface area contributed by atoms with Crippen molar-refractivity contribution in [1.29, 1.82) is 0 Å². The van der Waals surface area contributed by atoms with Crippen LogP contribution in [0.4, 0.5) is 0 Å². The van der Waals surface area contributed by atoms with Crippen LogP contribution in [0, 0.1) is 0 Å². The van der Waals surface area contributed by atoms with Crippen LogP contribution in [0.15, 0.2) is 0 Å². The first-order chi connectivity index (χ1) is 1.00. The Balaban J connectivity index is -0.00000000500. The Kier molecular flexibility index (Phi) is 129. The Morgan fingerprint density at radius 3 is 0.750 bits per heavy atom. The van der Waals surface area contributed by atoms with E-state index in [-0.39, 0.29) is 42.1 Å². The van der Waals surface area contributed by atoms with Crippen molar-refractivity contribution in [3.8, 4) is 0 Å². The molecule has 0 aromatic carbocycles. The fourth-order valence-corrected chi connectivity index (χ4v) is 0. The molecule has 0 heterocycles. The minimum Gasteiger partial charge on any atom is -0.255 e. The van der Waals surface area contributed by atoms with Crippen molar-refractivity contribution in [2.24, 2.45) is 0 Å². The van der Waals surface area contributed by atoms with Gasteiger partial charge in [-0.25, -0.2) is 0 Å². The van der Waals surface area contributed by atoms with Crippen molar-refractivity contribution >= 4 is 0 Å². The Morgan fingerprint density at radius 2 is 0.750 bits per heavy atom. The maximum Gasteiger partial charge on any atom is 0 e. The summed E-state index contributed by atoms with van der Waals surface area (Å²) in [6.07, 6.45) is 0. The van der Waals surface area contributed by atoms with E-state index < -0.39 is 0 Å². The van der Waals surface area contributed by atoms with E-state index in [0.29, 0.717) is 0 Å². The largest absolute Gasteiger partial charge is 0.255 e. The molecular formula is H2O2Pt2. The van der Waals surface area contributed by atoms with Crippen LogP contribution in [0.2, 0.25) is 0 Å². The van der Waals surface area contributed by atoms with Crippen LogP contribution in [0.5, 0.6) is 0 Å². The van der Waals surface area contributed by atoms with Crippen LogP contribution < -0.4 is 0 Å². The van der Waals surface area contributed by atoms with Gasteiger partial charge in [0.1, 0.15) is 0 Å². The second kappa shape index (κ2) is 27.8. The van der Waals surface area contributed by atoms with Gasteiger partial charge in [-0.05, 0) is 0 Å². The molecule has 0 aliphatic heterocycles. The molecule has 0 aromatic rings. The maximum absolute atomic E-state index is 6.00. The van der Waals surface area contributed by atoms with Crippen molar-refractivity contribution < 1.29 is 52.6 Å². The van der Waals surface area contributed by atoms with Crippen LogP contribution in [0.3, 0.4) is 0 Å². The van der Waals surface area contributed by atoms with Crippen molar-refractivity contribution in [2.75, 3.05) is 0 Å². The molecule has 0 rings (SSSR count). The minimum absolute atomic E-state index is 0. The molecule has 4 heavy (non-hydrogen) atoms. The summed E-state index contributed by atoms with van der Waals surface area (Å²) in [4.78, 5) is 0. The summed E-state index contributed by atoms with van der Waals surface area (Å²) in [5, 5.41) is 12.0. The topological polar surface area (TPSA) is 40.5 Å². The zero-order valence-electron chi connectivity index (χ0n) is 1.53. The molecule has 0 saturated carbocycles. The van der Waals surface area contributed by atoms with Crippen LogP contribution in [0.1, 0.15) is 0 Å². The maximum atomic E-state index is 6.00. The first-order valence-electron chi connectivity index (χ1n) is 0.200. The zero-order valence-corrected chi connectivity index (χ0v) is 6.07. The van der Waals surface area contributed by atoms with Gasteiger partial charge in [0.05, 0.1) is 0 Å². The van der Waals surface area contributed by atoms with Crippen LogP contribution in [-0.4, -0.2) is 10.5 Å². The number of hydrogen-bond acceptors (Lipinski definition) is 2. The van der Waals surface area contributed by atoms with Crippen molar-refractivity contribution in [3.05, 3.63) is 0 Å². The van der Waals surface area contributed by atoms with Gasteiger partial charge >= 0.3 is 0 Å². The summed E-state index contributed by atoms with van der Waals surface area (Å²) in [6, 6.07) is 0. The normalized spacial score (nSPS) is 1.50. The third-order valence-corrected chi connectivity index (χ3v) is 0. The van der Waals surface area contributed by atoms with E-state index in [2.05, 4.69) is 0 Å². The van der Waals surface area contributed by atoms with Gasteiger partial charge < -0.3 is 0 Å². The molecule has 2 nitrogen and oxygen atoms in total. The minimum atomic E-state index is 0. The van der Waals surface area contributed by atoms with Crippen molar-refractivity contribution in [1.82, 2.24) is 0 Å². The molecule has 2 N–H and O–H groups in total. The van der Waals surface area contributed by atoms with E-state index in [1.54, 1.807) is 0 Å². The van der Waals surface area contributed by atoms with Crippen molar-refractivity contribution in [3.63, 3.8) is 0 Å². The van der Waals surface area contributed by atoms with E-state index in [9.17, 15) is 0 Å². The Labute approximate surface area is 52.7 Å². The standard InChI is InChI=1S/H2O2.2Pt/c1-2;;/h1-2H;;. The summed E-state index contributed by atoms with van der Waals surface area (Å²) in [7, 11) is 0. The van der Waals surface area contributed by atoms with E-state index in [0.717, 1.165) is 0 Å². The molecule has 0 fully saturated rings. The first-order valence-corrected chi connectivity index (χ1v) is 0.200. The predicted molar refractivity (Wildman–Crippen MR) is 5.26 cm³/mol. The Bertz CT molecular complexity index is 4.00. The van der Waals surface area contributed by atoms with Gasteiger partial charge in [0, 0.05) is 42.1 Å². The predicted octanol–water partition coefficient (Wildman–Crippen LogP) is 0.0124. The number of rotatable bonds is 0. The molecule has 34 valence electrons. The first kappa shape index (κ1) is 18.5. The summed E-state index contributed by atoms with van der Waals surface area (Å²) in [6.45, 7) is 0. The molecular weight excluding hydrogens is 422 g/mol. The van der Waals surface area contributed by atoms with Gasteiger partial charge in [0.2, 0.25) is 0 Å². The monoisotopic (exact) mass is 424 g/mol. The molecule has 0 aliphatic carbocycles. The third-order valence-electron chi connectivity index (χ3n) is 0. The van der Waals surface area contributed by atoms with Gasteiger partial charge in [0.25, 0.3) is 0 Å². The molecule has 0 spiro atoms. The molecule has 0 atom stereocenters. The van der Waals surface area contributed by atoms with Gasteiger partial charge in [-0.1, -0.05) is 0 Å². The number of hydrogen-bond donors (Lipinski definition) is 2. The molecule has 0 aromatic heterocycles. The summed E-state index contributed by atoms with van der Waals surface area (Å²) in [5.41, 5.74) is 0. The molecule has 0 saturated heterocycles. The second-order valence-corrected chi connectivity index (χ2v) is 0. The second-order valence-electron chi connectivity index (χ2n) is 0. The summed E-state index contributed by atoms with van der Waals surface area (Å²) < 4.78 is 0. The van der Waals surface area contributed by atoms with Crippen LogP contribution in [-0.2, 0) is 42.1 Å².